The highest BCUT2D eigenvalue weighted by Gasteiger charge is 2.11. The summed E-state index contributed by atoms with van der Waals surface area (Å²) in [5.41, 5.74) is 2.47. The van der Waals surface area contributed by atoms with Gasteiger partial charge in [-0.15, -0.1) is 11.3 Å². The van der Waals surface area contributed by atoms with Crippen LogP contribution >= 0.6 is 22.9 Å². The van der Waals surface area contributed by atoms with E-state index in [2.05, 4.69) is 4.98 Å². The van der Waals surface area contributed by atoms with Crippen molar-refractivity contribution in [3.8, 4) is 10.6 Å². The van der Waals surface area contributed by atoms with Crippen molar-refractivity contribution in [1.29, 1.82) is 0 Å². The molecule has 0 fully saturated rings. The Balaban J connectivity index is 2.08. The molecule has 2 nitrogen and oxygen atoms in total. The van der Waals surface area contributed by atoms with Crippen LogP contribution in [0.2, 0.25) is 5.02 Å². The zero-order valence-electron chi connectivity index (χ0n) is 11.0. The molecule has 3 aromatic rings. The number of aromatic nitrogens is 1. The molecule has 0 aliphatic rings. The van der Waals surface area contributed by atoms with E-state index in [1.807, 2.05) is 43.3 Å². The average Bonchev–Trinajstić information content (AvgIpc) is 2.83. The Morgan fingerprint density at radius 3 is 2.50 bits per heavy atom. The van der Waals surface area contributed by atoms with E-state index in [1.165, 1.54) is 17.4 Å². The summed E-state index contributed by atoms with van der Waals surface area (Å²) in [6.45, 7) is 0. The number of thiazole rings is 1. The Morgan fingerprint density at radius 2 is 1.85 bits per heavy atom. The Morgan fingerprint density at radius 1 is 1.15 bits per heavy atom. The van der Waals surface area contributed by atoms with Crippen molar-refractivity contribution in [1.82, 2.24) is 4.98 Å². The molecule has 20 heavy (non-hydrogen) atoms. The van der Waals surface area contributed by atoms with Gasteiger partial charge in [-0.05, 0) is 36.4 Å². The summed E-state index contributed by atoms with van der Waals surface area (Å²) < 4.78 is 14.6. The van der Waals surface area contributed by atoms with Gasteiger partial charge in [0.2, 0.25) is 0 Å². The van der Waals surface area contributed by atoms with E-state index < -0.39 is 0 Å². The topological polar surface area (TPSA) is 16.1 Å². The fraction of sp³-hybridized carbons (Fsp3) is 0.133. The van der Waals surface area contributed by atoms with E-state index in [9.17, 15) is 4.39 Å². The molecule has 0 unspecified atom stereocenters. The molecule has 0 N–H and O–H groups in total. The van der Waals surface area contributed by atoms with Crippen LogP contribution in [-0.2, 0) is 0 Å². The zero-order valence-corrected chi connectivity index (χ0v) is 12.6. The van der Waals surface area contributed by atoms with Gasteiger partial charge >= 0.3 is 0 Å². The summed E-state index contributed by atoms with van der Waals surface area (Å²) in [7, 11) is 3.98. The standard InChI is InChI=1S/C15H12ClFN2S/c1-19(2)11-5-3-9(4-6-11)15-18-14-12(17)7-10(16)8-13(14)20-15/h3-8H,1-2H3. The molecule has 0 saturated heterocycles. The van der Waals surface area contributed by atoms with Crippen LogP contribution in [0.4, 0.5) is 10.1 Å². The summed E-state index contributed by atoms with van der Waals surface area (Å²) in [5, 5.41) is 1.19. The van der Waals surface area contributed by atoms with Crippen LogP contribution < -0.4 is 4.90 Å². The van der Waals surface area contributed by atoms with Gasteiger partial charge in [0.25, 0.3) is 0 Å². The predicted octanol–water partition coefficient (Wildman–Crippen LogP) is 4.82. The third-order valence-corrected chi connectivity index (χ3v) is 4.31. The monoisotopic (exact) mass is 306 g/mol. The minimum Gasteiger partial charge on any atom is -0.378 e. The van der Waals surface area contributed by atoms with Gasteiger partial charge in [-0.3, -0.25) is 0 Å². The quantitative estimate of drug-likeness (QED) is 0.674. The first-order valence-corrected chi connectivity index (χ1v) is 7.27. The van der Waals surface area contributed by atoms with Crippen molar-refractivity contribution >= 4 is 38.8 Å². The molecule has 1 heterocycles. The van der Waals surface area contributed by atoms with E-state index >= 15 is 0 Å². The molecule has 0 atom stereocenters. The molecular formula is C15H12ClFN2S. The molecule has 5 heteroatoms. The average molecular weight is 307 g/mol. The predicted molar refractivity (Wildman–Crippen MR) is 84.4 cm³/mol. The number of hydrogen-bond acceptors (Lipinski definition) is 3. The number of halogens is 2. The molecule has 0 aliphatic carbocycles. The van der Waals surface area contributed by atoms with Gasteiger partial charge in [0.1, 0.15) is 10.5 Å². The molecule has 0 bridgehead atoms. The summed E-state index contributed by atoms with van der Waals surface area (Å²) in [5.74, 6) is -0.375. The fourth-order valence-corrected chi connectivity index (χ4v) is 3.28. The highest BCUT2D eigenvalue weighted by molar-refractivity contribution is 7.21. The van der Waals surface area contributed by atoms with Crippen LogP contribution in [0.1, 0.15) is 0 Å². The SMILES string of the molecule is CN(C)c1ccc(-c2nc3c(F)cc(Cl)cc3s2)cc1. The minimum atomic E-state index is -0.375. The molecule has 0 radical (unpaired) electrons. The number of rotatable bonds is 2. The summed E-state index contributed by atoms with van der Waals surface area (Å²) in [4.78, 5) is 6.40. The molecule has 2 aromatic carbocycles. The Hall–Kier alpha value is -1.65. The number of fused-ring (bicyclic) bond motifs is 1. The molecular weight excluding hydrogens is 295 g/mol. The van der Waals surface area contributed by atoms with Crippen LogP contribution in [-0.4, -0.2) is 19.1 Å². The second kappa shape index (κ2) is 5.04. The summed E-state index contributed by atoms with van der Waals surface area (Å²) in [6.07, 6.45) is 0. The van der Waals surface area contributed by atoms with Crippen LogP contribution in [0.15, 0.2) is 36.4 Å². The summed E-state index contributed by atoms with van der Waals surface area (Å²) in [6, 6.07) is 11.1. The van der Waals surface area contributed by atoms with Gasteiger partial charge in [-0.1, -0.05) is 11.6 Å². The first kappa shape index (κ1) is 13.3. The van der Waals surface area contributed by atoms with Gasteiger partial charge < -0.3 is 4.90 Å². The van der Waals surface area contributed by atoms with Crippen LogP contribution in [0, 0.1) is 5.82 Å². The van der Waals surface area contributed by atoms with Crippen molar-refractivity contribution in [2.45, 2.75) is 0 Å². The van der Waals surface area contributed by atoms with Crippen LogP contribution in [0.25, 0.3) is 20.8 Å². The van der Waals surface area contributed by atoms with Crippen molar-refractivity contribution in [3.05, 3.63) is 47.2 Å². The Labute approximate surface area is 125 Å². The van der Waals surface area contributed by atoms with Crippen LogP contribution in [0.3, 0.4) is 0 Å². The Bertz CT molecular complexity index is 765. The van der Waals surface area contributed by atoms with E-state index in [-0.39, 0.29) is 5.82 Å². The van der Waals surface area contributed by atoms with Gasteiger partial charge in [-0.2, -0.15) is 0 Å². The third kappa shape index (κ3) is 2.37. The summed E-state index contributed by atoms with van der Waals surface area (Å²) >= 11 is 7.31. The molecule has 3 rings (SSSR count). The van der Waals surface area contributed by atoms with Crippen molar-refractivity contribution in [3.63, 3.8) is 0 Å². The molecule has 0 aliphatic heterocycles. The van der Waals surface area contributed by atoms with Gasteiger partial charge in [0.05, 0.1) is 4.70 Å². The second-order valence-corrected chi connectivity index (χ2v) is 6.16. The second-order valence-electron chi connectivity index (χ2n) is 4.69. The van der Waals surface area contributed by atoms with E-state index in [4.69, 9.17) is 11.6 Å². The normalized spacial score (nSPS) is 11.0. The third-order valence-electron chi connectivity index (χ3n) is 3.04. The minimum absolute atomic E-state index is 0.375. The lowest BCUT2D eigenvalue weighted by Gasteiger charge is -2.11. The molecule has 0 amide bonds. The van der Waals surface area contributed by atoms with Crippen molar-refractivity contribution in [2.24, 2.45) is 0 Å². The van der Waals surface area contributed by atoms with E-state index in [1.54, 1.807) is 6.07 Å². The van der Waals surface area contributed by atoms with Crippen molar-refractivity contribution in [2.75, 3.05) is 19.0 Å². The van der Waals surface area contributed by atoms with E-state index in [0.717, 1.165) is 21.0 Å². The van der Waals surface area contributed by atoms with E-state index in [0.29, 0.717) is 10.5 Å². The lowest BCUT2D eigenvalue weighted by Crippen LogP contribution is -2.07. The first-order chi connectivity index (χ1) is 9.54. The number of nitrogens with zero attached hydrogens (tertiary/aromatic N) is 2. The highest BCUT2D eigenvalue weighted by Crippen LogP contribution is 2.33. The smallest absolute Gasteiger partial charge is 0.151 e. The van der Waals surface area contributed by atoms with Gasteiger partial charge in [0.15, 0.2) is 5.82 Å². The molecule has 0 spiro atoms. The maximum Gasteiger partial charge on any atom is 0.151 e. The number of hydrogen-bond donors (Lipinski definition) is 0. The molecule has 1 aromatic heterocycles. The lowest BCUT2D eigenvalue weighted by atomic mass is 10.2. The Kier molecular flexibility index (Phi) is 3.36. The molecule has 0 saturated carbocycles. The lowest BCUT2D eigenvalue weighted by molar-refractivity contribution is 0.637. The maximum atomic E-state index is 13.8. The van der Waals surface area contributed by atoms with Crippen LogP contribution in [0.5, 0.6) is 0 Å². The van der Waals surface area contributed by atoms with Gasteiger partial charge in [-0.25, -0.2) is 9.37 Å². The molecule has 102 valence electrons. The number of benzene rings is 2. The first-order valence-electron chi connectivity index (χ1n) is 6.08. The zero-order chi connectivity index (χ0) is 14.3. The fourth-order valence-electron chi connectivity index (χ4n) is 1.98. The highest BCUT2D eigenvalue weighted by atomic mass is 35.5. The van der Waals surface area contributed by atoms with Gasteiger partial charge in [0, 0.05) is 30.4 Å². The maximum absolute atomic E-state index is 13.8. The van der Waals surface area contributed by atoms with Crippen molar-refractivity contribution < 1.29 is 4.39 Å². The number of anilines is 1. The largest absolute Gasteiger partial charge is 0.378 e.